The average Bonchev–Trinajstić information content (AvgIpc) is 2.80. The molecule has 1 fully saturated rings. The number of oxime groups is 1. The van der Waals surface area contributed by atoms with Crippen molar-refractivity contribution in [3.8, 4) is 5.75 Å². The maximum Gasteiger partial charge on any atom is 0.123 e. The summed E-state index contributed by atoms with van der Waals surface area (Å²) in [5.41, 5.74) is 1.83. The van der Waals surface area contributed by atoms with E-state index in [0.29, 0.717) is 0 Å². The van der Waals surface area contributed by atoms with Crippen LogP contribution in [0.2, 0.25) is 0 Å². The Morgan fingerprint density at radius 1 is 1.50 bits per heavy atom. The number of hydrogen-bond acceptors (Lipinski definition) is 4. The zero-order valence-electron chi connectivity index (χ0n) is 11.6. The highest BCUT2D eigenvalue weighted by Crippen LogP contribution is 2.30. The molecule has 2 heterocycles. The summed E-state index contributed by atoms with van der Waals surface area (Å²) >= 11 is 0. The molecule has 2 unspecified atom stereocenters. The van der Waals surface area contributed by atoms with E-state index in [2.05, 4.69) is 17.0 Å². The fourth-order valence-electron chi connectivity index (χ4n) is 3.10. The fraction of sp³-hybridized carbons (Fsp3) is 0.533. The Labute approximate surface area is 117 Å². The SMILES string of the molecule is CC1CN(CC2Cc3cc(F)ccc3O2)CC/C1=N\O. The molecule has 0 bridgehead atoms. The lowest BCUT2D eigenvalue weighted by molar-refractivity contribution is 0.139. The van der Waals surface area contributed by atoms with E-state index in [1.807, 2.05) is 0 Å². The summed E-state index contributed by atoms with van der Waals surface area (Å²) in [5.74, 6) is 0.873. The maximum atomic E-state index is 13.2. The molecule has 1 saturated heterocycles. The number of ether oxygens (including phenoxy) is 1. The summed E-state index contributed by atoms with van der Waals surface area (Å²) in [6.45, 7) is 4.67. The van der Waals surface area contributed by atoms with Crippen LogP contribution in [0, 0.1) is 11.7 Å². The first-order valence-corrected chi connectivity index (χ1v) is 7.04. The van der Waals surface area contributed by atoms with E-state index in [4.69, 9.17) is 9.94 Å². The molecule has 0 radical (unpaired) electrons. The first-order chi connectivity index (χ1) is 9.65. The van der Waals surface area contributed by atoms with Gasteiger partial charge in [0.05, 0.1) is 5.71 Å². The highest BCUT2D eigenvalue weighted by molar-refractivity contribution is 5.86. The molecule has 1 aromatic rings. The molecule has 2 atom stereocenters. The van der Waals surface area contributed by atoms with Crippen molar-refractivity contribution in [2.45, 2.75) is 25.9 Å². The van der Waals surface area contributed by atoms with Gasteiger partial charge in [-0.15, -0.1) is 0 Å². The summed E-state index contributed by atoms with van der Waals surface area (Å²) in [4.78, 5) is 2.33. The Kier molecular flexibility index (Phi) is 3.61. The van der Waals surface area contributed by atoms with Crippen LogP contribution in [-0.2, 0) is 6.42 Å². The summed E-state index contributed by atoms with van der Waals surface area (Å²) in [5, 5.41) is 12.2. The first-order valence-electron chi connectivity index (χ1n) is 7.04. The fourth-order valence-corrected chi connectivity index (χ4v) is 3.10. The maximum absolute atomic E-state index is 13.2. The van der Waals surface area contributed by atoms with Crippen molar-refractivity contribution in [3.63, 3.8) is 0 Å². The lowest BCUT2D eigenvalue weighted by Crippen LogP contribution is -2.44. The van der Waals surface area contributed by atoms with Gasteiger partial charge >= 0.3 is 0 Å². The summed E-state index contributed by atoms with van der Waals surface area (Å²) in [7, 11) is 0. The van der Waals surface area contributed by atoms with Gasteiger partial charge < -0.3 is 9.94 Å². The first kappa shape index (κ1) is 13.4. The largest absolute Gasteiger partial charge is 0.488 e. The van der Waals surface area contributed by atoms with E-state index in [1.165, 1.54) is 6.07 Å². The van der Waals surface area contributed by atoms with Gasteiger partial charge in [-0.1, -0.05) is 12.1 Å². The zero-order chi connectivity index (χ0) is 14.1. The molecule has 1 aromatic carbocycles. The van der Waals surface area contributed by atoms with Gasteiger partial charge in [0.2, 0.25) is 0 Å². The zero-order valence-corrected chi connectivity index (χ0v) is 11.6. The van der Waals surface area contributed by atoms with Gasteiger partial charge in [-0.25, -0.2) is 4.39 Å². The van der Waals surface area contributed by atoms with E-state index in [9.17, 15) is 4.39 Å². The van der Waals surface area contributed by atoms with Crippen LogP contribution in [0.5, 0.6) is 5.75 Å². The topological polar surface area (TPSA) is 45.1 Å². The van der Waals surface area contributed by atoms with Crippen LogP contribution in [0.25, 0.3) is 0 Å². The number of benzene rings is 1. The minimum atomic E-state index is -0.205. The molecule has 3 rings (SSSR count). The molecule has 1 N–H and O–H groups in total. The Balaban J connectivity index is 1.59. The highest BCUT2D eigenvalue weighted by atomic mass is 19.1. The predicted octanol–water partition coefficient (Wildman–Crippen LogP) is 2.30. The van der Waals surface area contributed by atoms with Crippen LogP contribution in [0.3, 0.4) is 0 Å². The van der Waals surface area contributed by atoms with Crippen molar-refractivity contribution in [1.82, 2.24) is 4.90 Å². The Bertz CT molecular complexity index is 533. The quantitative estimate of drug-likeness (QED) is 0.667. The summed E-state index contributed by atoms with van der Waals surface area (Å²) in [6, 6.07) is 4.71. The molecular formula is C15H19FN2O2. The second kappa shape index (κ2) is 5.40. The average molecular weight is 278 g/mol. The second-order valence-corrected chi connectivity index (χ2v) is 5.70. The molecule has 0 spiro atoms. The van der Waals surface area contributed by atoms with Crippen molar-refractivity contribution >= 4 is 5.71 Å². The van der Waals surface area contributed by atoms with E-state index in [-0.39, 0.29) is 17.8 Å². The van der Waals surface area contributed by atoms with Crippen molar-refractivity contribution < 1.29 is 14.3 Å². The Hall–Kier alpha value is -1.62. The normalized spacial score (nSPS) is 28.4. The molecule has 5 heteroatoms. The van der Waals surface area contributed by atoms with Crippen molar-refractivity contribution in [3.05, 3.63) is 29.6 Å². The lowest BCUT2D eigenvalue weighted by Gasteiger charge is -2.32. The smallest absolute Gasteiger partial charge is 0.123 e. The van der Waals surface area contributed by atoms with Crippen LogP contribution in [0.4, 0.5) is 4.39 Å². The van der Waals surface area contributed by atoms with Gasteiger partial charge in [-0.3, -0.25) is 4.90 Å². The van der Waals surface area contributed by atoms with E-state index in [1.54, 1.807) is 12.1 Å². The van der Waals surface area contributed by atoms with E-state index < -0.39 is 0 Å². The van der Waals surface area contributed by atoms with E-state index in [0.717, 1.165) is 49.5 Å². The van der Waals surface area contributed by atoms with Gasteiger partial charge in [0.15, 0.2) is 0 Å². The van der Waals surface area contributed by atoms with Crippen LogP contribution < -0.4 is 4.74 Å². The van der Waals surface area contributed by atoms with Gasteiger partial charge in [-0.2, -0.15) is 0 Å². The molecule has 20 heavy (non-hydrogen) atoms. The van der Waals surface area contributed by atoms with Crippen molar-refractivity contribution in [1.29, 1.82) is 0 Å². The monoisotopic (exact) mass is 278 g/mol. The molecule has 0 aromatic heterocycles. The Morgan fingerprint density at radius 2 is 2.35 bits per heavy atom. The van der Waals surface area contributed by atoms with Crippen LogP contribution in [0.1, 0.15) is 18.9 Å². The van der Waals surface area contributed by atoms with Gasteiger partial charge in [0.1, 0.15) is 17.7 Å². The minimum Gasteiger partial charge on any atom is -0.488 e. The molecular weight excluding hydrogens is 259 g/mol. The number of piperidine rings is 1. The predicted molar refractivity (Wildman–Crippen MR) is 74.0 cm³/mol. The summed E-state index contributed by atoms with van der Waals surface area (Å²) < 4.78 is 19.0. The number of likely N-dealkylation sites (tertiary alicyclic amines) is 1. The third-order valence-corrected chi connectivity index (χ3v) is 4.14. The number of halogens is 1. The lowest BCUT2D eigenvalue weighted by atomic mass is 9.97. The van der Waals surface area contributed by atoms with E-state index >= 15 is 0 Å². The molecule has 108 valence electrons. The number of fused-ring (bicyclic) bond motifs is 1. The van der Waals surface area contributed by atoms with Gasteiger partial charge in [-0.05, 0) is 18.2 Å². The molecule has 2 aliphatic heterocycles. The number of hydrogen-bond donors (Lipinski definition) is 1. The highest BCUT2D eigenvalue weighted by Gasteiger charge is 2.28. The van der Waals surface area contributed by atoms with Crippen molar-refractivity contribution in [2.24, 2.45) is 11.1 Å². The third kappa shape index (κ3) is 2.63. The minimum absolute atomic E-state index is 0.0895. The molecule has 0 aliphatic carbocycles. The van der Waals surface area contributed by atoms with Crippen molar-refractivity contribution in [2.75, 3.05) is 19.6 Å². The number of nitrogens with zero attached hydrogens (tertiary/aromatic N) is 2. The van der Waals surface area contributed by atoms with Crippen LogP contribution in [0.15, 0.2) is 23.4 Å². The third-order valence-electron chi connectivity index (χ3n) is 4.14. The molecule has 0 amide bonds. The summed E-state index contributed by atoms with van der Waals surface area (Å²) in [6.07, 6.45) is 1.65. The molecule has 2 aliphatic rings. The van der Waals surface area contributed by atoms with Crippen LogP contribution in [-0.4, -0.2) is 41.6 Å². The molecule has 0 saturated carbocycles. The van der Waals surface area contributed by atoms with Crippen LogP contribution >= 0.6 is 0 Å². The van der Waals surface area contributed by atoms with Gasteiger partial charge in [0, 0.05) is 44.0 Å². The van der Waals surface area contributed by atoms with Gasteiger partial charge in [0.25, 0.3) is 0 Å². The standard InChI is InChI=1S/C15H19FN2O2/c1-10-8-18(5-4-14(10)17-19)9-13-7-11-6-12(16)2-3-15(11)20-13/h2-3,6,10,13,19H,4-5,7-9H2,1H3/b17-14+. The molecule has 4 nitrogen and oxygen atoms in total. The number of rotatable bonds is 2. The Morgan fingerprint density at radius 3 is 3.10 bits per heavy atom. The second-order valence-electron chi connectivity index (χ2n) is 5.70.